The summed E-state index contributed by atoms with van der Waals surface area (Å²) in [6.45, 7) is 1.81. The first-order chi connectivity index (χ1) is 6.59. The third-order valence-electron chi connectivity index (χ3n) is 1.98. The summed E-state index contributed by atoms with van der Waals surface area (Å²) in [5, 5.41) is 1.70. The van der Waals surface area contributed by atoms with Crippen LogP contribution >= 0.6 is 23.2 Å². The molecule has 0 saturated carbocycles. The minimum Gasteiger partial charge on any atom is -0.384 e. The van der Waals surface area contributed by atoms with Crippen molar-refractivity contribution in [1.29, 1.82) is 0 Å². The van der Waals surface area contributed by atoms with Gasteiger partial charge in [-0.1, -0.05) is 23.2 Å². The van der Waals surface area contributed by atoms with Gasteiger partial charge in [-0.15, -0.1) is 0 Å². The second-order valence-electron chi connectivity index (χ2n) is 2.95. The molecular weight excluding hydrogens is 221 g/mol. The van der Waals surface area contributed by atoms with Crippen molar-refractivity contribution in [3.05, 3.63) is 27.9 Å². The molecule has 0 atom stereocenters. The number of nitrogens with two attached hydrogens (primary N) is 1. The number of anilines is 1. The Morgan fingerprint density at radius 2 is 1.93 bits per heavy atom. The summed E-state index contributed by atoms with van der Waals surface area (Å²) in [5.41, 5.74) is 6.76. The fourth-order valence-corrected chi connectivity index (χ4v) is 1.65. The Bertz CT molecular complexity index is 511. The average Bonchev–Trinajstić information content (AvgIpc) is 2.14. The Morgan fingerprint density at radius 1 is 1.21 bits per heavy atom. The van der Waals surface area contributed by atoms with E-state index in [1.807, 2.05) is 6.92 Å². The van der Waals surface area contributed by atoms with E-state index in [1.54, 1.807) is 12.1 Å². The Kier molecular flexibility index (Phi) is 2.21. The lowest BCUT2D eigenvalue weighted by molar-refractivity contribution is 1.26. The van der Waals surface area contributed by atoms with Crippen molar-refractivity contribution < 1.29 is 0 Å². The summed E-state index contributed by atoms with van der Waals surface area (Å²) in [6.07, 6.45) is 0. The quantitative estimate of drug-likeness (QED) is 0.705. The molecule has 0 spiro atoms. The van der Waals surface area contributed by atoms with Gasteiger partial charge in [0, 0.05) is 10.9 Å². The first kappa shape index (κ1) is 9.49. The van der Waals surface area contributed by atoms with Crippen LogP contribution in [0.2, 0.25) is 10.2 Å². The van der Waals surface area contributed by atoms with Gasteiger partial charge in [-0.25, -0.2) is 9.97 Å². The van der Waals surface area contributed by atoms with Crippen LogP contribution in [0.25, 0.3) is 11.0 Å². The number of fused-ring (bicyclic) bond motifs is 1. The largest absolute Gasteiger partial charge is 0.384 e. The lowest BCUT2D eigenvalue weighted by atomic mass is 10.2. The van der Waals surface area contributed by atoms with E-state index in [0.29, 0.717) is 21.6 Å². The van der Waals surface area contributed by atoms with Gasteiger partial charge in [0.05, 0.1) is 5.02 Å². The second-order valence-corrected chi connectivity index (χ2v) is 3.68. The van der Waals surface area contributed by atoms with Crippen LogP contribution in [0.4, 0.5) is 5.82 Å². The molecule has 2 rings (SSSR count). The summed E-state index contributed by atoms with van der Waals surface area (Å²) >= 11 is 11.9. The van der Waals surface area contributed by atoms with Crippen LogP contribution in [0.5, 0.6) is 0 Å². The average molecular weight is 228 g/mol. The maximum absolute atomic E-state index is 6.08. The lowest BCUT2D eigenvalue weighted by Gasteiger charge is -2.04. The fourth-order valence-electron chi connectivity index (χ4n) is 1.19. The maximum Gasteiger partial charge on any atom is 0.164 e. The Hall–Kier alpha value is -1.06. The third-order valence-corrected chi connectivity index (χ3v) is 2.83. The van der Waals surface area contributed by atoms with Crippen LogP contribution in [-0.4, -0.2) is 9.97 Å². The maximum atomic E-state index is 6.08. The van der Waals surface area contributed by atoms with Gasteiger partial charge in [-0.2, -0.15) is 0 Å². The topological polar surface area (TPSA) is 51.8 Å². The number of hydrogen-bond acceptors (Lipinski definition) is 3. The van der Waals surface area contributed by atoms with E-state index in [2.05, 4.69) is 9.97 Å². The molecule has 2 aromatic rings. The number of halogens is 2. The first-order valence-corrected chi connectivity index (χ1v) is 4.73. The van der Waals surface area contributed by atoms with Crippen LogP contribution in [0.3, 0.4) is 0 Å². The normalized spacial score (nSPS) is 10.8. The van der Waals surface area contributed by atoms with Crippen LogP contribution in [0.1, 0.15) is 5.56 Å². The molecule has 0 saturated heterocycles. The second kappa shape index (κ2) is 3.26. The standard InChI is InChI=1S/C9H7Cl2N3/c1-4-7(10)5-2-3-6(12)13-9(5)14-8(4)11/h2-3H,1H3,(H2,12,13,14). The number of hydrogen-bond donors (Lipinski definition) is 1. The molecule has 0 amide bonds. The Labute approximate surface area is 90.9 Å². The summed E-state index contributed by atoms with van der Waals surface area (Å²) < 4.78 is 0. The molecule has 14 heavy (non-hydrogen) atoms. The zero-order valence-corrected chi connectivity index (χ0v) is 8.89. The smallest absolute Gasteiger partial charge is 0.164 e. The van der Waals surface area contributed by atoms with E-state index < -0.39 is 0 Å². The monoisotopic (exact) mass is 227 g/mol. The molecule has 0 unspecified atom stereocenters. The van der Waals surface area contributed by atoms with Gasteiger partial charge in [0.15, 0.2) is 5.65 Å². The van der Waals surface area contributed by atoms with Crippen molar-refractivity contribution in [3.63, 3.8) is 0 Å². The molecule has 2 heterocycles. The summed E-state index contributed by atoms with van der Waals surface area (Å²) in [7, 11) is 0. The van der Waals surface area contributed by atoms with Gasteiger partial charge >= 0.3 is 0 Å². The predicted octanol–water partition coefficient (Wildman–Crippen LogP) is 2.83. The first-order valence-electron chi connectivity index (χ1n) is 3.97. The Balaban J connectivity index is 2.91. The molecule has 2 N–H and O–H groups in total. The number of rotatable bonds is 0. The molecule has 3 nitrogen and oxygen atoms in total. The molecule has 0 bridgehead atoms. The highest BCUT2D eigenvalue weighted by molar-refractivity contribution is 6.38. The highest BCUT2D eigenvalue weighted by Crippen LogP contribution is 2.29. The zero-order chi connectivity index (χ0) is 10.3. The fraction of sp³-hybridized carbons (Fsp3) is 0.111. The summed E-state index contributed by atoms with van der Waals surface area (Å²) in [5.74, 6) is 0.404. The van der Waals surface area contributed by atoms with Crippen molar-refractivity contribution in [2.75, 3.05) is 5.73 Å². The highest BCUT2D eigenvalue weighted by Gasteiger charge is 2.09. The molecule has 0 aliphatic carbocycles. The molecule has 0 aromatic carbocycles. The molecule has 0 radical (unpaired) electrons. The molecule has 72 valence electrons. The Morgan fingerprint density at radius 3 is 2.64 bits per heavy atom. The third kappa shape index (κ3) is 1.38. The van der Waals surface area contributed by atoms with E-state index in [4.69, 9.17) is 28.9 Å². The van der Waals surface area contributed by atoms with E-state index in [0.717, 1.165) is 10.9 Å². The minimum atomic E-state index is 0.362. The predicted molar refractivity (Wildman–Crippen MR) is 58.7 cm³/mol. The molecule has 2 aromatic heterocycles. The van der Waals surface area contributed by atoms with E-state index in [9.17, 15) is 0 Å². The van der Waals surface area contributed by atoms with Gasteiger partial charge in [0.2, 0.25) is 0 Å². The van der Waals surface area contributed by atoms with Crippen molar-refractivity contribution in [3.8, 4) is 0 Å². The van der Waals surface area contributed by atoms with Crippen molar-refractivity contribution in [1.82, 2.24) is 9.97 Å². The van der Waals surface area contributed by atoms with Crippen molar-refractivity contribution >= 4 is 40.1 Å². The summed E-state index contributed by atoms with van der Waals surface area (Å²) in [4.78, 5) is 8.12. The number of nitrogens with zero attached hydrogens (tertiary/aromatic N) is 2. The van der Waals surface area contributed by atoms with Crippen LogP contribution in [0.15, 0.2) is 12.1 Å². The summed E-state index contributed by atoms with van der Waals surface area (Å²) in [6, 6.07) is 3.47. The van der Waals surface area contributed by atoms with Gasteiger partial charge in [0.1, 0.15) is 11.0 Å². The molecule has 0 aliphatic heterocycles. The molecule has 0 aliphatic rings. The SMILES string of the molecule is Cc1c(Cl)nc2nc(N)ccc2c1Cl. The van der Waals surface area contributed by atoms with Crippen LogP contribution < -0.4 is 5.73 Å². The number of nitrogen functional groups attached to an aromatic ring is 1. The van der Waals surface area contributed by atoms with Gasteiger partial charge < -0.3 is 5.73 Å². The molecule has 5 heteroatoms. The van der Waals surface area contributed by atoms with Gasteiger partial charge in [-0.3, -0.25) is 0 Å². The van der Waals surface area contributed by atoms with Crippen molar-refractivity contribution in [2.24, 2.45) is 0 Å². The zero-order valence-electron chi connectivity index (χ0n) is 7.38. The van der Waals surface area contributed by atoms with Crippen molar-refractivity contribution in [2.45, 2.75) is 6.92 Å². The van der Waals surface area contributed by atoms with Crippen LogP contribution in [-0.2, 0) is 0 Å². The van der Waals surface area contributed by atoms with Gasteiger partial charge in [-0.05, 0) is 19.1 Å². The van der Waals surface area contributed by atoms with Gasteiger partial charge in [0.25, 0.3) is 0 Å². The van der Waals surface area contributed by atoms with E-state index in [1.165, 1.54) is 0 Å². The molecule has 0 fully saturated rings. The van der Waals surface area contributed by atoms with E-state index in [-0.39, 0.29) is 0 Å². The number of pyridine rings is 2. The highest BCUT2D eigenvalue weighted by atomic mass is 35.5. The lowest BCUT2D eigenvalue weighted by Crippen LogP contribution is -1.94. The molecular formula is C9H7Cl2N3. The van der Waals surface area contributed by atoms with E-state index >= 15 is 0 Å². The number of aromatic nitrogens is 2. The minimum absolute atomic E-state index is 0.362. The van der Waals surface area contributed by atoms with Crippen LogP contribution in [0, 0.1) is 6.92 Å².